The highest BCUT2D eigenvalue weighted by Gasteiger charge is 2.14. The zero-order chi connectivity index (χ0) is 12.4. The molecule has 17 heavy (non-hydrogen) atoms. The highest BCUT2D eigenvalue weighted by Crippen LogP contribution is 2.17. The van der Waals surface area contributed by atoms with Gasteiger partial charge in [-0.1, -0.05) is 30.3 Å². The Morgan fingerprint density at radius 3 is 2.35 bits per heavy atom. The normalized spacial score (nSPS) is 10.8. The molecule has 0 heterocycles. The fraction of sp³-hybridized carbons (Fsp3) is 0.267. The Morgan fingerprint density at radius 2 is 1.71 bits per heavy atom. The van der Waals surface area contributed by atoms with E-state index in [0.717, 1.165) is 16.3 Å². The van der Waals surface area contributed by atoms with Crippen molar-refractivity contribution in [3.63, 3.8) is 0 Å². The minimum absolute atomic E-state index is 0.0748. The lowest BCUT2D eigenvalue weighted by Gasteiger charge is -2.21. The van der Waals surface area contributed by atoms with Crippen LogP contribution >= 0.6 is 0 Å². The van der Waals surface area contributed by atoms with E-state index >= 15 is 0 Å². The first-order valence-corrected chi connectivity index (χ1v) is 5.85. The number of nitrogens with zero attached hydrogens (tertiary/aromatic N) is 1. The summed E-state index contributed by atoms with van der Waals surface area (Å²) in [6.07, 6.45) is 0. The van der Waals surface area contributed by atoms with Gasteiger partial charge in [-0.15, -0.1) is 0 Å². The molecule has 1 amide bonds. The Morgan fingerprint density at radius 1 is 1.06 bits per heavy atom. The predicted molar refractivity (Wildman–Crippen MR) is 71.2 cm³/mol. The van der Waals surface area contributed by atoms with Crippen molar-refractivity contribution in [2.75, 3.05) is 7.05 Å². The Balaban J connectivity index is 2.40. The molecule has 0 aliphatic heterocycles. The Kier molecular flexibility index (Phi) is 3.14. The molecular weight excluding hydrogens is 210 g/mol. The largest absolute Gasteiger partial charge is 0.339 e. The second kappa shape index (κ2) is 4.58. The SMILES string of the molecule is CC(C)N(C)C(=O)c1ccc2ccccc2c1. The van der Waals surface area contributed by atoms with Crippen LogP contribution in [0.5, 0.6) is 0 Å². The summed E-state index contributed by atoms with van der Waals surface area (Å²) in [4.78, 5) is 13.9. The van der Waals surface area contributed by atoms with E-state index in [0.29, 0.717) is 0 Å². The van der Waals surface area contributed by atoms with Crippen LogP contribution in [0.4, 0.5) is 0 Å². The molecule has 0 N–H and O–H groups in total. The lowest BCUT2D eigenvalue weighted by atomic mass is 10.1. The molecule has 0 saturated carbocycles. The van der Waals surface area contributed by atoms with Crippen LogP contribution < -0.4 is 0 Å². The van der Waals surface area contributed by atoms with Crippen LogP contribution in [0.1, 0.15) is 24.2 Å². The Bertz CT molecular complexity index is 545. The first kappa shape index (κ1) is 11.6. The van der Waals surface area contributed by atoms with E-state index in [1.807, 2.05) is 57.3 Å². The second-order valence-corrected chi connectivity index (χ2v) is 4.57. The van der Waals surface area contributed by atoms with Crippen LogP contribution in [0.3, 0.4) is 0 Å². The topological polar surface area (TPSA) is 20.3 Å². The van der Waals surface area contributed by atoms with Crippen molar-refractivity contribution in [1.29, 1.82) is 0 Å². The average Bonchev–Trinajstić information content (AvgIpc) is 2.36. The fourth-order valence-corrected chi connectivity index (χ4v) is 1.76. The summed E-state index contributed by atoms with van der Waals surface area (Å²) < 4.78 is 0. The Labute approximate surface area is 102 Å². The highest BCUT2D eigenvalue weighted by atomic mass is 16.2. The van der Waals surface area contributed by atoms with Crippen LogP contribution in [0.25, 0.3) is 10.8 Å². The number of carbonyl (C=O) groups is 1. The fourth-order valence-electron chi connectivity index (χ4n) is 1.76. The smallest absolute Gasteiger partial charge is 0.253 e. The van der Waals surface area contributed by atoms with Gasteiger partial charge in [0.15, 0.2) is 0 Å². The summed E-state index contributed by atoms with van der Waals surface area (Å²) >= 11 is 0. The average molecular weight is 227 g/mol. The standard InChI is InChI=1S/C15H17NO/c1-11(2)16(3)15(17)14-9-8-12-6-4-5-7-13(12)10-14/h4-11H,1-3H3. The van der Waals surface area contributed by atoms with E-state index in [1.165, 1.54) is 0 Å². The maximum Gasteiger partial charge on any atom is 0.253 e. The summed E-state index contributed by atoms with van der Waals surface area (Å²) in [6.45, 7) is 4.03. The van der Waals surface area contributed by atoms with Crippen LogP contribution in [-0.4, -0.2) is 23.9 Å². The van der Waals surface area contributed by atoms with Crippen LogP contribution in [0, 0.1) is 0 Å². The van der Waals surface area contributed by atoms with Crippen LogP contribution in [0.15, 0.2) is 42.5 Å². The number of fused-ring (bicyclic) bond motifs is 1. The maximum atomic E-state index is 12.2. The van der Waals surface area contributed by atoms with Crippen molar-refractivity contribution in [3.8, 4) is 0 Å². The minimum atomic E-state index is 0.0748. The van der Waals surface area contributed by atoms with E-state index in [9.17, 15) is 4.79 Å². The van der Waals surface area contributed by atoms with Gasteiger partial charge in [-0.25, -0.2) is 0 Å². The lowest BCUT2D eigenvalue weighted by Crippen LogP contribution is -2.32. The number of rotatable bonds is 2. The molecule has 88 valence electrons. The summed E-state index contributed by atoms with van der Waals surface area (Å²) in [5, 5.41) is 2.27. The third kappa shape index (κ3) is 2.31. The molecule has 0 radical (unpaired) electrons. The molecule has 0 spiro atoms. The third-order valence-electron chi connectivity index (χ3n) is 3.09. The summed E-state index contributed by atoms with van der Waals surface area (Å²) in [5.74, 6) is 0.0748. The molecule has 2 rings (SSSR count). The van der Waals surface area contributed by atoms with Crippen molar-refractivity contribution in [2.24, 2.45) is 0 Å². The van der Waals surface area contributed by atoms with Gasteiger partial charge in [-0.3, -0.25) is 4.79 Å². The van der Waals surface area contributed by atoms with E-state index in [1.54, 1.807) is 4.90 Å². The zero-order valence-corrected chi connectivity index (χ0v) is 10.5. The van der Waals surface area contributed by atoms with E-state index < -0.39 is 0 Å². The molecular formula is C15H17NO. The molecule has 0 atom stereocenters. The molecule has 0 aromatic heterocycles. The summed E-state index contributed by atoms with van der Waals surface area (Å²) in [6, 6.07) is 14.1. The van der Waals surface area contributed by atoms with Crippen molar-refractivity contribution in [2.45, 2.75) is 19.9 Å². The second-order valence-electron chi connectivity index (χ2n) is 4.57. The quantitative estimate of drug-likeness (QED) is 0.770. The molecule has 2 heteroatoms. The molecule has 2 aromatic rings. The maximum absolute atomic E-state index is 12.2. The summed E-state index contributed by atoms with van der Waals surface area (Å²) in [5.41, 5.74) is 0.750. The van der Waals surface area contributed by atoms with E-state index in [4.69, 9.17) is 0 Å². The van der Waals surface area contributed by atoms with Gasteiger partial charge in [-0.05, 0) is 36.8 Å². The van der Waals surface area contributed by atoms with E-state index in [-0.39, 0.29) is 11.9 Å². The van der Waals surface area contributed by atoms with Gasteiger partial charge in [0.05, 0.1) is 0 Å². The predicted octanol–water partition coefficient (Wildman–Crippen LogP) is 3.32. The molecule has 0 saturated heterocycles. The van der Waals surface area contributed by atoms with Crippen LogP contribution in [-0.2, 0) is 0 Å². The van der Waals surface area contributed by atoms with Crippen molar-refractivity contribution in [1.82, 2.24) is 4.90 Å². The van der Waals surface area contributed by atoms with Gasteiger partial charge in [0.1, 0.15) is 0 Å². The van der Waals surface area contributed by atoms with E-state index in [2.05, 4.69) is 6.07 Å². The van der Waals surface area contributed by atoms with Gasteiger partial charge in [-0.2, -0.15) is 0 Å². The van der Waals surface area contributed by atoms with Gasteiger partial charge in [0.2, 0.25) is 0 Å². The zero-order valence-electron chi connectivity index (χ0n) is 10.5. The van der Waals surface area contributed by atoms with Crippen molar-refractivity contribution >= 4 is 16.7 Å². The number of carbonyl (C=O) groups excluding carboxylic acids is 1. The lowest BCUT2D eigenvalue weighted by molar-refractivity contribution is 0.0755. The number of hydrogen-bond acceptors (Lipinski definition) is 1. The van der Waals surface area contributed by atoms with Crippen molar-refractivity contribution < 1.29 is 4.79 Å². The van der Waals surface area contributed by atoms with Gasteiger partial charge < -0.3 is 4.90 Å². The molecule has 2 nitrogen and oxygen atoms in total. The van der Waals surface area contributed by atoms with Crippen LogP contribution in [0.2, 0.25) is 0 Å². The molecule has 0 bridgehead atoms. The van der Waals surface area contributed by atoms with Gasteiger partial charge in [0, 0.05) is 18.7 Å². The third-order valence-corrected chi connectivity index (χ3v) is 3.09. The minimum Gasteiger partial charge on any atom is -0.339 e. The molecule has 0 aliphatic rings. The first-order chi connectivity index (χ1) is 8.09. The number of hydrogen-bond donors (Lipinski definition) is 0. The molecule has 0 fully saturated rings. The number of benzene rings is 2. The Hall–Kier alpha value is -1.83. The molecule has 0 aliphatic carbocycles. The van der Waals surface area contributed by atoms with Gasteiger partial charge in [0.25, 0.3) is 5.91 Å². The monoisotopic (exact) mass is 227 g/mol. The first-order valence-electron chi connectivity index (χ1n) is 5.85. The highest BCUT2D eigenvalue weighted by molar-refractivity contribution is 5.98. The number of amides is 1. The van der Waals surface area contributed by atoms with Gasteiger partial charge >= 0.3 is 0 Å². The summed E-state index contributed by atoms with van der Waals surface area (Å²) in [7, 11) is 1.84. The molecule has 0 unspecified atom stereocenters. The molecule has 2 aromatic carbocycles. The van der Waals surface area contributed by atoms with Crippen molar-refractivity contribution in [3.05, 3.63) is 48.0 Å².